The zero-order valence-corrected chi connectivity index (χ0v) is 15.1. The zero-order valence-electron chi connectivity index (χ0n) is 14.3. The Morgan fingerprint density at radius 3 is 2.16 bits per heavy atom. The lowest BCUT2D eigenvalue weighted by Crippen LogP contribution is -2.08. The minimum absolute atomic E-state index is 0.148. The van der Waals surface area contributed by atoms with Gasteiger partial charge in [-0.2, -0.15) is 5.10 Å². The Bertz CT molecular complexity index is 951. The summed E-state index contributed by atoms with van der Waals surface area (Å²) >= 11 is 6.09. The molecule has 5 nitrogen and oxygen atoms in total. The van der Waals surface area contributed by atoms with Crippen LogP contribution in [-0.4, -0.2) is 15.6 Å². The van der Waals surface area contributed by atoms with Crippen molar-refractivity contribution < 1.29 is 4.79 Å². The second-order valence-corrected chi connectivity index (χ2v) is 6.58. The molecule has 25 heavy (non-hydrogen) atoms. The molecular formula is C19H19ClN4O. The Morgan fingerprint density at radius 2 is 1.60 bits per heavy atom. The van der Waals surface area contributed by atoms with Crippen molar-refractivity contribution in [2.45, 2.75) is 20.8 Å². The third-order valence-corrected chi connectivity index (χ3v) is 4.37. The van der Waals surface area contributed by atoms with Crippen molar-refractivity contribution in [3.8, 4) is 5.69 Å². The molecule has 0 radical (unpaired) electrons. The number of carbonyl (C=O) groups is 1. The summed E-state index contributed by atoms with van der Waals surface area (Å²) in [5, 5.41) is 5.04. The lowest BCUT2D eigenvalue weighted by Gasteiger charge is -2.12. The number of ketones is 1. The monoisotopic (exact) mass is 354 g/mol. The topological polar surface area (TPSA) is 86.9 Å². The third kappa shape index (κ3) is 2.98. The molecule has 0 amide bonds. The van der Waals surface area contributed by atoms with Crippen LogP contribution in [0.3, 0.4) is 0 Å². The van der Waals surface area contributed by atoms with Gasteiger partial charge in [-0.25, -0.2) is 4.68 Å². The lowest BCUT2D eigenvalue weighted by molar-refractivity contribution is 0.103. The SMILES string of the molecule is Cc1ccc(C(=O)c2nn(-c3c(C)cc(Cl)cc3C)c(N)c2N)cc1. The van der Waals surface area contributed by atoms with Crippen molar-refractivity contribution in [1.29, 1.82) is 0 Å². The zero-order chi connectivity index (χ0) is 18.3. The fraction of sp³-hybridized carbons (Fsp3) is 0.158. The van der Waals surface area contributed by atoms with E-state index in [0.717, 1.165) is 22.4 Å². The average molecular weight is 355 g/mol. The number of aromatic nitrogens is 2. The van der Waals surface area contributed by atoms with Crippen LogP contribution >= 0.6 is 11.6 Å². The standard InChI is InChI=1S/C19H19ClN4O/c1-10-4-6-13(7-5-10)18(25)16-15(21)19(22)24(23-16)17-11(2)8-14(20)9-12(17)3/h4-9H,21-22H2,1-3H3. The molecular weight excluding hydrogens is 336 g/mol. The number of nitrogens with two attached hydrogens (primary N) is 2. The summed E-state index contributed by atoms with van der Waals surface area (Å²) in [7, 11) is 0. The summed E-state index contributed by atoms with van der Waals surface area (Å²) in [4.78, 5) is 12.8. The van der Waals surface area contributed by atoms with Crippen molar-refractivity contribution in [3.63, 3.8) is 0 Å². The summed E-state index contributed by atoms with van der Waals surface area (Å²) in [6, 6.07) is 10.9. The van der Waals surface area contributed by atoms with Gasteiger partial charge >= 0.3 is 0 Å². The molecule has 1 heterocycles. The van der Waals surface area contributed by atoms with E-state index in [1.165, 1.54) is 4.68 Å². The molecule has 3 rings (SSSR count). The molecule has 0 spiro atoms. The fourth-order valence-corrected chi connectivity index (χ4v) is 3.19. The highest BCUT2D eigenvalue weighted by molar-refractivity contribution is 6.30. The maximum absolute atomic E-state index is 12.8. The first-order valence-corrected chi connectivity index (χ1v) is 8.20. The Kier molecular flexibility index (Phi) is 4.27. The van der Waals surface area contributed by atoms with Gasteiger partial charge in [0.25, 0.3) is 0 Å². The Morgan fingerprint density at radius 1 is 1.04 bits per heavy atom. The fourth-order valence-electron chi connectivity index (χ4n) is 2.86. The summed E-state index contributed by atoms with van der Waals surface area (Å²) in [6.45, 7) is 5.78. The molecule has 0 atom stereocenters. The number of anilines is 2. The van der Waals surface area contributed by atoms with Gasteiger partial charge in [-0.1, -0.05) is 41.4 Å². The van der Waals surface area contributed by atoms with Gasteiger partial charge in [-0.3, -0.25) is 4.79 Å². The van der Waals surface area contributed by atoms with Gasteiger partial charge in [-0.15, -0.1) is 0 Å². The van der Waals surface area contributed by atoms with Crippen LogP contribution in [0.4, 0.5) is 11.5 Å². The Balaban J connectivity index is 2.13. The number of carbonyl (C=O) groups excluding carboxylic acids is 1. The minimum atomic E-state index is -0.257. The van der Waals surface area contributed by atoms with Crippen molar-refractivity contribution >= 4 is 28.9 Å². The number of halogens is 1. The number of hydrogen-bond donors (Lipinski definition) is 2. The van der Waals surface area contributed by atoms with Gasteiger partial charge in [0.15, 0.2) is 11.5 Å². The largest absolute Gasteiger partial charge is 0.394 e. The number of benzene rings is 2. The van der Waals surface area contributed by atoms with E-state index in [4.69, 9.17) is 23.1 Å². The van der Waals surface area contributed by atoms with Crippen LogP contribution in [0.5, 0.6) is 0 Å². The first-order valence-electron chi connectivity index (χ1n) is 7.82. The van der Waals surface area contributed by atoms with E-state index in [2.05, 4.69) is 5.10 Å². The number of hydrogen-bond acceptors (Lipinski definition) is 4. The first kappa shape index (κ1) is 17.0. The van der Waals surface area contributed by atoms with Crippen molar-refractivity contribution in [1.82, 2.24) is 9.78 Å². The Hall–Kier alpha value is -2.79. The van der Waals surface area contributed by atoms with Gasteiger partial charge in [0.1, 0.15) is 5.69 Å². The number of rotatable bonds is 3. The summed E-state index contributed by atoms with van der Waals surface area (Å²) in [6.07, 6.45) is 0. The molecule has 0 unspecified atom stereocenters. The summed E-state index contributed by atoms with van der Waals surface area (Å²) in [5.41, 5.74) is 16.7. The smallest absolute Gasteiger partial charge is 0.215 e. The van der Waals surface area contributed by atoms with Crippen LogP contribution in [0, 0.1) is 20.8 Å². The van der Waals surface area contributed by atoms with Crippen LogP contribution in [0.25, 0.3) is 5.69 Å². The van der Waals surface area contributed by atoms with E-state index < -0.39 is 0 Å². The summed E-state index contributed by atoms with van der Waals surface area (Å²) in [5.74, 6) is -0.0174. The molecule has 4 N–H and O–H groups in total. The molecule has 3 aromatic rings. The normalized spacial score (nSPS) is 10.9. The lowest BCUT2D eigenvalue weighted by atomic mass is 10.1. The van der Waals surface area contributed by atoms with Crippen LogP contribution in [0.1, 0.15) is 32.7 Å². The predicted molar refractivity (Wildman–Crippen MR) is 101 cm³/mol. The van der Waals surface area contributed by atoms with Crippen LogP contribution in [0.15, 0.2) is 36.4 Å². The molecule has 2 aromatic carbocycles. The molecule has 6 heteroatoms. The van der Waals surface area contributed by atoms with E-state index in [0.29, 0.717) is 10.6 Å². The number of nitrogen functional groups attached to an aromatic ring is 2. The van der Waals surface area contributed by atoms with E-state index in [-0.39, 0.29) is 23.0 Å². The maximum atomic E-state index is 12.8. The van der Waals surface area contributed by atoms with Crippen LogP contribution in [-0.2, 0) is 0 Å². The summed E-state index contributed by atoms with van der Waals surface area (Å²) < 4.78 is 1.51. The van der Waals surface area contributed by atoms with Crippen molar-refractivity contribution in [2.24, 2.45) is 0 Å². The van der Waals surface area contributed by atoms with Crippen molar-refractivity contribution in [3.05, 3.63) is 69.4 Å². The quantitative estimate of drug-likeness (QED) is 0.699. The second-order valence-electron chi connectivity index (χ2n) is 6.14. The second kappa shape index (κ2) is 6.26. The predicted octanol–water partition coefficient (Wildman–Crippen LogP) is 3.85. The van der Waals surface area contributed by atoms with Gasteiger partial charge in [0.2, 0.25) is 5.78 Å². The highest BCUT2D eigenvalue weighted by atomic mass is 35.5. The molecule has 0 aliphatic carbocycles. The molecule has 0 aliphatic rings. The van der Waals surface area contributed by atoms with Gasteiger partial charge in [0, 0.05) is 10.6 Å². The van der Waals surface area contributed by atoms with E-state index in [1.807, 2.05) is 45.0 Å². The Labute approximate surface area is 151 Å². The molecule has 1 aromatic heterocycles. The molecule has 0 bridgehead atoms. The molecule has 0 aliphatic heterocycles. The highest BCUT2D eigenvalue weighted by Gasteiger charge is 2.23. The van der Waals surface area contributed by atoms with Gasteiger partial charge in [-0.05, 0) is 44.0 Å². The molecule has 0 fully saturated rings. The third-order valence-electron chi connectivity index (χ3n) is 4.16. The number of nitrogens with zero attached hydrogens (tertiary/aromatic N) is 2. The molecule has 128 valence electrons. The van der Waals surface area contributed by atoms with Crippen LogP contribution < -0.4 is 11.5 Å². The van der Waals surface area contributed by atoms with Crippen LogP contribution in [0.2, 0.25) is 5.02 Å². The minimum Gasteiger partial charge on any atom is -0.394 e. The van der Waals surface area contributed by atoms with Crippen molar-refractivity contribution in [2.75, 3.05) is 11.5 Å². The molecule has 0 saturated carbocycles. The molecule has 0 saturated heterocycles. The first-order chi connectivity index (χ1) is 11.8. The van der Waals surface area contributed by atoms with Gasteiger partial charge in [0.05, 0.1) is 5.69 Å². The highest BCUT2D eigenvalue weighted by Crippen LogP contribution is 2.30. The number of aryl methyl sites for hydroxylation is 3. The van der Waals surface area contributed by atoms with E-state index >= 15 is 0 Å². The maximum Gasteiger partial charge on any atom is 0.215 e. The van der Waals surface area contributed by atoms with Gasteiger partial charge < -0.3 is 11.5 Å². The van der Waals surface area contributed by atoms with E-state index in [9.17, 15) is 4.79 Å². The van der Waals surface area contributed by atoms with E-state index in [1.54, 1.807) is 12.1 Å². The average Bonchev–Trinajstić information content (AvgIpc) is 2.83.